The zero-order valence-electron chi connectivity index (χ0n) is 11.3. The van der Waals surface area contributed by atoms with E-state index in [1.165, 1.54) is 16.7 Å². The molecule has 1 heterocycles. The van der Waals surface area contributed by atoms with Gasteiger partial charge in [0.25, 0.3) is 5.91 Å². The van der Waals surface area contributed by atoms with Gasteiger partial charge in [-0.25, -0.2) is 0 Å². The van der Waals surface area contributed by atoms with E-state index in [0.717, 1.165) is 15.5 Å². The molecule has 2 rings (SSSR count). The van der Waals surface area contributed by atoms with Crippen molar-refractivity contribution < 1.29 is 9.90 Å². The van der Waals surface area contributed by atoms with Gasteiger partial charge in [0.15, 0.2) is 5.69 Å². The van der Waals surface area contributed by atoms with Crippen LogP contribution in [-0.2, 0) is 6.61 Å². The van der Waals surface area contributed by atoms with E-state index in [2.05, 4.69) is 10.2 Å². The highest BCUT2D eigenvalue weighted by molar-refractivity contribution is 7.99. The van der Waals surface area contributed by atoms with Crippen LogP contribution in [-0.4, -0.2) is 40.2 Å². The topological polar surface area (TPSA) is 66.3 Å². The molecule has 0 saturated carbocycles. The molecule has 0 aliphatic heterocycles. The van der Waals surface area contributed by atoms with Crippen LogP contribution in [0.15, 0.2) is 46.3 Å². The van der Waals surface area contributed by atoms with Gasteiger partial charge in [-0.3, -0.25) is 4.79 Å². The van der Waals surface area contributed by atoms with E-state index < -0.39 is 0 Å². The van der Waals surface area contributed by atoms with E-state index in [1.54, 1.807) is 26.2 Å². The quantitative estimate of drug-likeness (QED) is 0.930. The van der Waals surface area contributed by atoms with Gasteiger partial charge in [-0.05, 0) is 29.8 Å². The van der Waals surface area contributed by atoms with E-state index >= 15 is 0 Å². The minimum atomic E-state index is -0.165. The van der Waals surface area contributed by atoms with Gasteiger partial charge in [-0.2, -0.15) is 0 Å². The third-order valence-corrected chi connectivity index (χ3v) is 3.53. The molecule has 104 valence electrons. The lowest BCUT2D eigenvalue weighted by molar-refractivity contribution is 0.0820. The number of rotatable bonds is 4. The first-order chi connectivity index (χ1) is 9.60. The largest absolute Gasteiger partial charge is 0.392 e. The van der Waals surface area contributed by atoms with Crippen molar-refractivity contribution in [2.45, 2.75) is 16.5 Å². The second-order valence-corrected chi connectivity index (χ2v) is 5.45. The number of amides is 1. The summed E-state index contributed by atoms with van der Waals surface area (Å²) >= 11 is 1.46. The molecule has 0 unspecified atom stereocenters. The standard InChI is InChI=1S/C14H15N3O2S/c1-17(2)14(19)12-7-8-13(16-15-12)20-11-5-3-10(9-18)4-6-11/h3-8,18H,9H2,1-2H3. The van der Waals surface area contributed by atoms with Crippen molar-refractivity contribution in [1.29, 1.82) is 0 Å². The molecule has 5 nitrogen and oxygen atoms in total. The molecule has 0 bridgehead atoms. The van der Waals surface area contributed by atoms with Gasteiger partial charge in [0.05, 0.1) is 6.61 Å². The Hall–Kier alpha value is -1.92. The smallest absolute Gasteiger partial charge is 0.273 e. The number of aromatic nitrogens is 2. The number of aliphatic hydroxyl groups is 1. The van der Waals surface area contributed by atoms with Crippen LogP contribution in [0, 0.1) is 0 Å². The Morgan fingerprint density at radius 1 is 1.15 bits per heavy atom. The van der Waals surface area contributed by atoms with Crippen LogP contribution in [0.1, 0.15) is 16.1 Å². The number of aliphatic hydroxyl groups excluding tert-OH is 1. The number of hydrogen-bond donors (Lipinski definition) is 1. The number of carbonyl (C=O) groups excluding carboxylic acids is 1. The minimum absolute atomic E-state index is 0.0338. The third-order valence-electron chi connectivity index (χ3n) is 2.59. The lowest BCUT2D eigenvalue weighted by Crippen LogP contribution is -2.23. The average Bonchev–Trinajstić information content (AvgIpc) is 2.48. The summed E-state index contributed by atoms with van der Waals surface area (Å²) in [5.41, 5.74) is 1.20. The molecule has 1 aromatic heterocycles. The Kier molecular flexibility index (Phi) is 4.70. The number of benzene rings is 1. The molecule has 1 amide bonds. The monoisotopic (exact) mass is 289 g/mol. The highest BCUT2D eigenvalue weighted by Gasteiger charge is 2.10. The summed E-state index contributed by atoms with van der Waals surface area (Å²) in [7, 11) is 3.35. The van der Waals surface area contributed by atoms with E-state index in [9.17, 15) is 4.79 Å². The maximum absolute atomic E-state index is 11.7. The molecule has 0 atom stereocenters. The fraction of sp³-hybridized carbons (Fsp3) is 0.214. The molecule has 6 heteroatoms. The van der Waals surface area contributed by atoms with Crippen molar-refractivity contribution in [2.24, 2.45) is 0 Å². The van der Waals surface area contributed by atoms with E-state index in [4.69, 9.17) is 5.11 Å². The SMILES string of the molecule is CN(C)C(=O)c1ccc(Sc2ccc(CO)cc2)nn1. The molecule has 0 aliphatic carbocycles. The fourth-order valence-electron chi connectivity index (χ4n) is 1.50. The Labute approximate surface area is 121 Å². The van der Waals surface area contributed by atoms with Crippen LogP contribution in [0.5, 0.6) is 0 Å². The Bertz CT molecular complexity index is 582. The molecule has 2 aromatic rings. The highest BCUT2D eigenvalue weighted by Crippen LogP contribution is 2.25. The van der Waals surface area contributed by atoms with Gasteiger partial charge in [-0.1, -0.05) is 23.9 Å². The van der Waals surface area contributed by atoms with Crippen molar-refractivity contribution in [1.82, 2.24) is 15.1 Å². The molecule has 0 aliphatic rings. The zero-order chi connectivity index (χ0) is 14.5. The molecule has 1 aromatic carbocycles. The highest BCUT2D eigenvalue weighted by atomic mass is 32.2. The first-order valence-electron chi connectivity index (χ1n) is 6.03. The summed E-state index contributed by atoms with van der Waals surface area (Å²) in [4.78, 5) is 14.1. The zero-order valence-corrected chi connectivity index (χ0v) is 12.1. The normalized spacial score (nSPS) is 10.3. The number of carbonyl (C=O) groups is 1. The van der Waals surface area contributed by atoms with Crippen molar-refractivity contribution >= 4 is 17.7 Å². The number of nitrogens with zero attached hydrogens (tertiary/aromatic N) is 3. The van der Waals surface area contributed by atoms with Gasteiger partial charge >= 0.3 is 0 Å². The second kappa shape index (κ2) is 6.49. The summed E-state index contributed by atoms with van der Waals surface area (Å²) in [6.07, 6.45) is 0. The van der Waals surface area contributed by atoms with Crippen LogP contribution in [0.4, 0.5) is 0 Å². The van der Waals surface area contributed by atoms with Crippen molar-refractivity contribution in [3.05, 3.63) is 47.7 Å². The van der Waals surface area contributed by atoms with Crippen LogP contribution < -0.4 is 0 Å². The summed E-state index contributed by atoms with van der Waals surface area (Å²) in [5.74, 6) is -0.165. The van der Waals surface area contributed by atoms with E-state index in [1.807, 2.05) is 24.3 Å². The van der Waals surface area contributed by atoms with Crippen molar-refractivity contribution in [3.63, 3.8) is 0 Å². The third kappa shape index (κ3) is 3.55. The van der Waals surface area contributed by atoms with Gasteiger partial charge in [0.1, 0.15) is 5.03 Å². The Morgan fingerprint density at radius 3 is 2.35 bits per heavy atom. The lowest BCUT2D eigenvalue weighted by atomic mass is 10.2. The molecule has 0 saturated heterocycles. The molecular formula is C14H15N3O2S. The van der Waals surface area contributed by atoms with E-state index in [-0.39, 0.29) is 12.5 Å². The van der Waals surface area contributed by atoms with Crippen LogP contribution >= 0.6 is 11.8 Å². The molecule has 0 spiro atoms. The Balaban J connectivity index is 2.08. The van der Waals surface area contributed by atoms with Gasteiger partial charge in [0.2, 0.25) is 0 Å². The Morgan fingerprint density at radius 2 is 1.85 bits per heavy atom. The summed E-state index contributed by atoms with van der Waals surface area (Å²) in [6.45, 7) is 0.0338. The first-order valence-corrected chi connectivity index (χ1v) is 6.85. The van der Waals surface area contributed by atoms with Crippen molar-refractivity contribution in [3.8, 4) is 0 Å². The van der Waals surface area contributed by atoms with Gasteiger partial charge in [0, 0.05) is 19.0 Å². The lowest BCUT2D eigenvalue weighted by Gasteiger charge is -2.08. The van der Waals surface area contributed by atoms with Crippen molar-refractivity contribution in [2.75, 3.05) is 14.1 Å². The molecule has 0 fully saturated rings. The van der Waals surface area contributed by atoms with Crippen LogP contribution in [0.3, 0.4) is 0 Å². The van der Waals surface area contributed by atoms with Crippen LogP contribution in [0.2, 0.25) is 0 Å². The fourth-order valence-corrected chi connectivity index (χ4v) is 2.23. The average molecular weight is 289 g/mol. The minimum Gasteiger partial charge on any atom is -0.392 e. The maximum atomic E-state index is 11.7. The van der Waals surface area contributed by atoms with Crippen LogP contribution in [0.25, 0.3) is 0 Å². The second-order valence-electron chi connectivity index (χ2n) is 4.36. The maximum Gasteiger partial charge on any atom is 0.273 e. The summed E-state index contributed by atoms with van der Waals surface area (Å²) < 4.78 is 0. The first kappa shape index (κ1) is 14.5. The summed E-state index contributed by atoms with van der Waals surface area (Å²) in [6, 6.07) is 11.0. The molecule has 20 heavy (non-hydrogen) atoms. The van der Waals surface area contributed by atoms with Gasteiger partial charge < -0.3 is 10.0 Å². The summed E-state index contributed by atoms with van der Waals surface area (Å²) in [5, 5.41) is 17.7. The molecular weight excluding hydrogens is 274 g/mol. The predicted octanol–water partition coefficient (Wildman–Crippen LogP) is 1.82. The van der Waals surface area contributed by atoms with E-state index in [0.29, 0.717) is 5.69 Å². The number of hydrogen-bond acceptors (Lipinski definition) is 5. The molecule has 0 radical (unpaired) electrons. The molecule has 1 N–H and O–H groups in total. The predicted molar refractivity (Wildman–Crippen MR) is 76.5 cm³/mol. The van der Waals surface area contributed by atoms with Gasteiger partial charge in [-0.15, -0.1) is 10.2 Å².